The third kappa shape index (κ3) is 4.92. The second-order valence-electron chi connectivity index (χ2n) is 9.14. The van der Waals surface area contributed by atoms with Gasteiger partial charge in [0.25, 0.3) is 0 Å². The van der Waals surface area contributed by atoms with Crippen LogP contribution in [-0.4, -0.2) is 28.6 Å². The Morgan fingerprint density at radius 2 is 1.91 bits per heavy atom. The van der Waals surface area contributed by atoms with Crippen LogP contribution in [0.2, 0.25) is 0 Å². The first-order valence-corrected chi connectivity index (χ1v) is 11.0. The van der Waals surface area contributed by atoms with Gasteiger partial charge in [-0.05, 0) is 56.4 Å². The molecule has 0 aliphatic carbocycles. The average molecular weight is 450 g/mol. The first kappa shape index (κ1) is 22.6. The Bertz CT molecular complexity index is 1280. The number of carbonyl (C=O) groups is 2. The number of carbonyl (C=O) groups excluding carboxylic acids is 1. The number of fused-ring (bicyclic) bond motifs is 2. The zero-order valence-electron chi connectivity index (χ0n) is 18.9. The lowest BCUT2D eigenvalue weighted by molar-refractivity contribution is -0.141. The fourth-order valence-corrected chi connectivity index (χ4v) is 4.20. The normalized spacial score (nSPS) is 15.4. The predicted octanol–water partition coefficient (Wildman–Crippen LogP) is 3.56. The molecule has 4 rings (SSSR count). The number of amides is 1. The van der Waals surface area contributed by atoms with Crippen LogP contribution in [0.5, 0.6) is 5.75 Å². The number of aliphatic carboxylic acids is 1. The van der Waals surface area contributed by atoms with Gasteiger partial charge < -0.3 is 19.6 Å². The molecule has 3 aromatic rings. The zero-order chi connectivity index (χ0) is 23.8. The number of hydrogen-bond donors (Lipinski definition) is 2. The molecule has 0 radical (unpaired) electrons. The summed E-state index contributed by atoms with van der Waals surface area (Å²) in [6.07, 6.45) is 1.60. The molecule has 2 heterocycles. The van der Waals surface area contributed by atoms with Gasteiger partial charge in [-0.2, -0.15) is 0 Å². The molecule has 1 aromatic heterocycles. The van der Waals surface area contributed by atoms with Crippen LogP contribution >= 0.6 is 0 Å². The molecule has 0 fully saturated rings. The van der Waals surface area contributed by atoms with Crippen molar-refractivity contribution in [3.8, 4) is 5.75 Å². The minimum absolute atomic E-state index is 0.149. The molecule has 1 unspecified atom stereocenters. The number of hydrogen-bond acceptors (Lipinski definition) is 5. The van der Waals surface area contributed by atoms with Crippen LogP contribution in [0.1, 0.15) is 42.5 Å². The maximum absolute atomic E-state index is 12.7. The molecular formula is C26H27NO6. The molecule has 2 aromatic carbocycles. The number of ether oxygens (including phenoxy) is 1. The van der Waals surface area contributed by atoms with E-state index >= 15 is 0 Å². The van der Waals surface area contributed by atoms with Crippen molar-refractivity contribution in [2.75, 3.05) is 0 Å². The molecule has 7 nitrogen and oxygen atoms in total. The highest BCUT2D eigenvalue weighted by Crippen LogP contribution is 2.36. The van der Waals surface area contributed by atoms with E-state index in [2.05, 4.69) is 5.32 Å². The van der Waals surface area contributed by atoms with Crippen molar-refractivity contribution in [1.29, 1.82) is 0 Å². The van der Waals surface area contributed by atoms with Gasteiger partial charge in [0.2, 0.25) is 5.91 Å². The van der Waals surface area contributed by atoms with Crippen molar-refractivity contribution in [2.24, 2.45) is 0 Å². The standard InChI is InChI=1S/C26H27NO6/c1-15-18-12-17-9-10-26(2,3)33-21(17)14-22(18)32-25(31)19(15)13-23(28)27-20(24(29)30)11-16-7-5-4-6-8-16/h4-8,12,14,20H,9-11,13H2,1-3H3,(H,27,28)(H,29,30). The van der Waals surface area contributed by atoms with E-state index in [4.69, 9.17) is 9.15 Å². The highest BCUT2D eigenvalue weighted by molar-refractivity contribution is 5.88. The van der Waals surface area contributed by atoms with E-state index in [1.165, 1.54) is 0 Å². The Morgan fingerprint density at radius 1 is 1.18 bits per heavy atom. The van der Waals surface area contributed by atoms with Gasteiger partial charge in [0.1, 0.15) is 23.0 Å². The summed E-state index contributed by atoms with van der Waals surface area (Å²) in [5.74, 6) is -0.975. The summed E-state index contributed by atoms with van der Waals surface area (Å²) in [6, 6.07) is 11.7. The maximum Gasteiger partial charge on any atom is 0.340 e. The number of aryl methyl sites for hydroxylation is 2. The van der Waals surface area contributed by atoms with Crippen molar-refractivity contribution in [3.63, 3.8) is 0 Å². The van der Waals surface area contributed by atoms with Gasteiger partial charge in [0.05, 0.1) is 12.0 Å². The predicted molar refractivity (Wildman–Crippen MR) is 124 cm³/mol. The van der Waals surface area contributed by atoms with E-state index in [0.717, 1.165) is 29.4 Å². The minimum Gasteiger partial charge on any atom is -0.487 e. The number of carboxylic acids is 1. The fourth-order valence-electron chi connectivity index (χ4n) is 4.20. The molecule has 1 amide bonds. The zero-order valence-corrected chi connectivity index (χ0v) is 18.9. The Balaban J connectivity index is 1.58. The highest BCUT2D eigenvalue weighted by Gasteiger charge is 2.28. The molecule has 0 saturated heterocycles. The van der Waals surface area contributed by atoms with Crippen LogP contribution in [0, 0.1) is 6.92 Å². The summed E-state index contributed by atoms with van der Waals surface area (Å²) in [5, 5.41) is 12.8. The number of benzene rings is 2. The summed E-state index contributed by atoms with van der Waals surface area (Å²) in [7, 11) is 0. The lowest BCUT2D eigenvalue weighted by atomic mass is 9.92. The van der Waals surface area contributed by atoms with Crippen molar-refractivity contribution < 1.29 is 23.8 Å². The van der Waals surface area contributed by atoms with E-state index in [9.17, 15) is 19.5 Å². The third-order valence-corrected chi connectivity index (χ3v) is 6.10. The van der Waals surface area contributed by atoms with Gasteiger partial charge in [-0.15, -0.1) is 0 Å². The maximum atomic E-state index is 12.7. The first-order chi connectivity index (χ1) is 15.6. The quantitative estimate of drug-likeness (QED) is 0.558. The molecule has 7 heteroatoms. The van der Waals surface area contributed by atoms with E-state index in [1.807, 2.05) is 38.1 Å². The Kier molecular flexibility index (Phi) is 5.97. The Labute approximate surface area is 191 Å². The molecule has 0 bridgehead atoms. The molecule has 33 heavy (non-hydrogen) atoms. The summed E-state index contributed by atoms with van der Waals surface area (Å²) >= 11 is 0. The highest BCUT2D eigenvalue weighted by atomic mass is 16.5. The van der Waals surface area contributed by atoms with Crippen LogP contribution in [-0.2, 0) is 28.9 Å². The molecule has 1 aliphatic rings. The second kappa shape index (κ2) is 8.73. The summed E-state index contributed by atoms with van der Waals surface area (Å²) in [4.78, 5) is 37.1. The van der Waals surface area contributed by atoms with Crippen molar-refractivity contribution in [1.82, 2.24) is 5.32 Å². The van der Waals surface area contributed by atoms with Crippen LogP contribution < -0.4 is 15.7 Å². The molecule has 0 spiro atoms. The molecule has 1 aliphatic heterocycles. The fraction of sp³-hybridized carbons (Fsp3) is 0.346. The van der Waals surface area contributed by atoms with E-state index in [-0.39, 0.29) is 24.0 Å². The molecule has 0 saturated carbocycles. The van der Waals surface area contributed by atoms with Gasteiger partial charge in [-0.25, -0.2) is 9.59 Å². The lowest BCUT2D eigenvalue weighted by Gasteiger charge is -2.32. The summed E-state index contributed by atoms with van der Waals surface area (Å²) < 4.78 is 11.6. The van der Waals surface area contributed by atoms with Gasteiger partial charge in [0.15, 0.2) is 0 Å². The van der Waals surface area contributed by atoms with Gasteiger partial charge in [-0.1, -0.05) is 30.3 Å². The van der Waals surface area contributed by atoms with Gasteiger partial charge in [-0.3, -0.25) is 4.79 Å². The van der Waals surface area contributed by atoms with Gasteiger partial charge >= 0.3 is 11.6 Å². The number of rotatable bonds is 6. The molecular weight excluding hydrogens is 422 g/mol. The smallest absolute Gasteiger partial charge is 0.340 e. The van der Waals surface area contributed by atoms with Crippen LogP contribution in [0.4, 0.5) is 0 Å². The Morgan fingerprint density at radius 3 is 2.61 bits per heavy atom. The lowest BCUT2D eigenvalue weighted by Crippen LogP contribution is -2.43. The Hall–Kier alpha value is -3.61. The average Bonchev–Trinajstić information content (AvgIpc) is 2.75. The van der Waals surface area contributed by atoms with Gasteiger partial charge in [0, 0.05) is 17.9 Å². The molecule has 2 N–H and O–H groups in total. The van der Waals surface area contributed by atoms with Crippen LogP contribution in [0.15, 0.2) is 51.7 Å². The van der Waals surface area contributed by atoms with E-state index in [0.29, 0.717) is 16.9 Å². The number of nitrogens with one attached hydrogen (secondary N) is 1. The van der Waals surface area contributed by atoms with Crippen LogP contribution in [0.3, 0.4) is 0 Å². The van der Waals surface area contributed by atoms with Crippen molar-refractivity contribution in [3.05, 3.63) is 75.1 Å². The SMILES string of the molecule is Cc1c(CC(=O)NC(Cc2ccccc2)C(=O)O)c(=O)oc2cc3c(cc12)CCC(C)(C)O3. The van der Waals surface area contributed by atoms with E-state index < -0.39 is 23.5 Å². The summed E-state index contributed by atoms with van der Waals surface area (Å²) in [5.41, 5.74) is 2.21. The second-order valence-corrected chi connectivity index (χ2v) is 9.14. The first-order valence-electron chi connectivity index (χ1n) is 11.0. The van der Waals surface area contributed by atoms with Crippen LogP contribution in [0.25, 0.3) is 11.0 Å². The molecule has 172 valence electrons. The number of carboxylic acid groups (broad SMARTS) is 1. The largest absolute Gasteiger partial charge is 0.487 e. The van der Waals surface area contributed by atoms with E-state index in [1.54, 1.807) is 25.1 Å². The molecule has 1 atom stereocenters. The monoisotopic (exact) mass is 449 g/mol. The van der Waals surface area contributed by atoms with Crippen molar-refractivity contribution in [2.45, 2.75) is 58.1 Å². The minimum atomic E-state index is -1.14. The van der Waals surface area contributed by atoms with Crippen molar-refractivity contribution >= 4 is 22.8 Å². The topological polar surface area (TPSA) is 106 Å². The summed E-state index contributed by atoms with van der Waals surface area (Å²) in [6.45, 7) is 5.82. The third-order valence-electron chi connectivity index (χ3n) is 6.10.